The topological polar surface area (TPSA) is 76.3 Å². The minimum Gasteiger partial charge on any atom is -0.278 e. The summed E-state index contributed by atoms with van der Waals surface area (Å²) in [5, 5.41) is 9.66. The van der Waals surface area contributed by atoms with Gasteiger partial charge in [0.15, 0.2) is 9.84 Å². The average molecular weight is 401 g/mol. The van der Waals surface area contributed by atoms with E-state index in [9.17, 15) is 8.42 Å². The Morgan fingerprint density at radius 3 is 2.72 bits per heavy atom. The van der Waals surface area contributed by atoms with E-state index < -0.39 is 9.84 Å². The molecule has 0 unspecified atom stereocenters. The summed E-state index contributed by atoms with van der Waals surface area (Å²) in [6, 6.07) is 5.05. The molecule has 2 heterocycles. The zero-order valence-electron chi connectivity index (χ0n) is 13.8. The molecule has 3 rings (SSSR count). The molecule has 9 heteroatoms. The summed E-state index contributed by atoms with van der Waals surface area (Å²) in [4.78, 5) is 0. The van der Waals surface area contributed by atoms with Crippen LogP contribution in [-0.2, 0) is 9.84 Å². The monoisotopic (exact) mass is 400 g/mol. The highest BCUT2D eigenvalue weighted by molar-refractivity contribution is 7.91. The highest BCUT2D eigenvalue weighted by atomic mass is 35.5. The fourth-order valence-electron chi connectivity index (χ4n) is 2.92. The standard InChI is InChI=1S/C16H18Cl2N4O2S/c1-10-14(8-19-20-12-3-4-15(17)16(18)7-12)11(2)22(21-10)13-5-6-25(23,24)9-13/h3-4,7-8,13,20H,5-6,9H2,1-2H3/b19-8-/t13-/m0/s1. The molecule has 1 N–H and O–H groups in total. The summed E-state index contributed by atoms with van der Waals surface area (Å²) in [5.74, 6) is 0.366. The van der Waals surface area contributed by atoms with Crippen LogP contribution >= 0.6 is 23.2 Å². The number of hydrazone groups is 1. The van der Waals surface area contributed by atoms with Gasteiger partial charge in [-0.3, -0.25) is 10.1 Å². The van der Waals surface area contributed by atoms with Gasteiger partial charge in [0.1, 0.15) is 0 Å². The van der Waals surface area contributed by atoms with Crippen LogP contribution in [-0.4, -0.2) is 35.9 Å². The van der Waals surface area contributed by atoms with E-state index in [2.05, 4.69) is 15.6 Å². The first-order chi connectivity index (χ1) is 11.8. The molecular formula is C16H18Cl2N4O2S. The highest BCUT2D eigenvalue weighted by Gasteiger charge is 2.31. The molecule has 6 nitrogen and oxygen atoms in total. The van der Waals surface area contributed by atoms with Crippen LogP contribution in [0.2, 0.25) is 10.0 Å². The Bertz CT molecular complexity index is 938. The van der Waals surface area contributed by atoms with Crippen LogP contribution in [0, 0.1) is 13.8 Å². The second kappa shape index (κ2) is 6.97. The number of anilines is 1. The number of hydrogen-bond acceptors (Lipinski definition) is 5. The Morgan fingerprint density at radius 1 is 1.32 bits per heavy atom. The molecule has 1 aromatic heterocycles. The summed E-state index contributed by atoms with van der Waals surface area (Å²) in [7, 11) is -2.95. The molecular weight excluding hydrogens is 383 g/mol. The largest absolute Gasteiger partial charge is 0.278 e. The molecule has 0 aliphatic carbocycles. The van der Waals surface area contributed by atoms with Crippen molar-refractivity contribution in [3.63, 3.8) is 0 Å². The zero-order chi connectivity index (χ0) is 18.2. The lowest BCUT2D eigenvalue weighted by Crippen LogP contribution is -2.14. The van der Waals surface area contributed by atoms with E-state index in [1.807, 2.05) is 13.8 Å². The third kappa shape index (κ3) is 3.99. The van der Waals surface area contributed by atoms with Gasteiger partial charge in [-0.05, 0) is 38.5 Å². The third-order valence-corrected chi connectivity index (χ3v) is 6.73. The van der Waals surface area contributed by atoms with E-state index in [4.69, 9.17) is 23.2 Å². The second-order valence-corrected chi connectivity index (χ2v) is 9.13. The fraction of sp³-hybridized carbons (Fsp3) is 0.375. The number of halogens is 2. The normalized spacial score (nSPS) is 19.6. The van der Waals surface area contributed by atoms with E-state index in [0.29, 0.717) is 16.5 Å². The number of nitrogens with zero attached hydrogens (tertiary/aromatic N) is 3. The Morgan fingerprint density at radius 2 is 2.08 bits per heavy atom. The van der Waals surface area contributed by atoms with Gasteiger partial charge in [-0.25, -0.2) is 8.42 Å². The first-order valence-electron chi connectivity index (χ1n) is 7.77. The van der Waals surface area contributed by atoms with E-state index in [1.54, 1.807) is 29.1 Å². The lowest BCUT2D eigenvalue weighted by atomic mass is 10.2. The van der Waals surface area contributed by atoms with E-state index in [1.165, 1.54) is 0 Å². The lowest BCUT2D eigenvalue weighted by molar-refractivity contribution is 0.486. The molecule has 1 aromatic carbocycles. The number of benzene rings is 1. The third-order valence-electron chi connectivity index (χ3n) is 4.24. The van der Waals surface area contributed by atoms with Crippen LogP contribution in [0.15, 0.2) is 23.3 Å². The molecule has 0 spiro atoms. The van der Waals surface area contributed by atoms with Crippen LogP contribution in [0.25, 0.3) is 0 Å². The predicted octanol–water partition coefficient (Wildman–Crippen LogP) is 3.61. The van der Waals surface area contributed by atoms with Gasteiger partial charge in [0, 0.05) is 11.3 Å². The van der Waals surface area contributed by atoms with Crippen molar-refractivity contribution in [1.29, 1.82) is 0 Å². The fourth-order valence-corrected chi connectivity index (χ4v) is 4.91. The molecule has 25 heavy (non-hydrogen) atoms. The summed E-state index contributed by atoms with van der Waals surface area (Å²) < 4.78 is 25.2. The van der Waals surface area contributed by atoms with Crippen LogP contribution < -0.4 is 5.43 Å². The maximum atomic E-state index is 11.7. The molecule has 1 aliphatic heterocycles. The summed E-state index contributed by atoms with van der Waals surface area (Å²) in [6.07, 6.45) is 2.28. The van der Waals surface area contributed by atoms with Gasteiger partial charge in [-0.1, -0.05) is 23.2 Å². The van der Waals surface area contributed by atoms with Crippen LogP contribution in [0.3, 0.4) is 0 Å². The van der Waals surface area contributed by atoms with Gasteiger partial charge in [0.05, 0.1) is 45.2 Å². The number of rotatable bonds is 4. The van der Waals surface area contributed by atoms with Crippen molar-refractivity contribution < 1.29 is 8.42 Å². The van der Waals surface area contributed by atoms with Gasteiger partial charge < -0.3 is 0 Å². The molecule has 1 aliphatic rings. The molecule has 0 saturated carbocycles. The molecule has 1 fully saturated rings. The van der Waals surface area contributed by atoms with Crippen LogP contribution in [0.5, 0.6) is 0 Å². The molecule has 2 aromatic rings. The first-order valence-corrected chi connectivity index (χ1v) is 10.3. The Labute approximate surface area is 156 Å². The summed E-state index contributed by atoms with van der Waals surface area (Å²) >= 11 is 11.9. The minimum atomic E-state index is -2.95. The van der Waals surface area contributed by atoms with Crippen molar-refractivity contribution in [2.75, 3.05) is 16.9 Å². The van der Waals surface area contributed by atoms with E-state index in [-0.39, 0.29) is 17.5 Å². The molecule has 1 atom stereocenters. The number of sulfone groups is 1. The second-order valence-electron chi connectivity index (χ2n) is 6.08. The average Bonchev–Trinajstić information content (AvgIpc) is 3.04. The van der Waals surface area contributed by atoms with E-state index in [0.717, 1.165) is 22.6 Å². The maximum absolute atomic E-state index is 11.7. The van der Waals surface area contributed by atoms with Crippen molar-refractivity contribution in [1.82, 2.24) is 9.78 Å². The first kappa shape index (κ1) is 18.2. The van der Waals surface area contributed by atoms with Crippen LogP contribution in [0.1, 0.15) is 29.4 Å². The zero-order valence-corrected chi connectivity index (χ0v) is 16.2. The summed E-state index contributed by atoms with van der Waals surface area (Å²) in [5.41, 5.74) is 6.20. The highest BCUT2D eigenvalue weighted by Crippen LogP contribution is 2.27. The van der Waals surface area contributed by atoms with Crippen molar-refractivity contribution in [3.05, 3.63) is 45.2 Å². The molecule has 0 radical (unpaired) electrons. The van der Waals surface area contributed by atoms with Gasteiger partial charge in [0.2, 0.25) is 0 Å². The van der Waals surface area contributed by atoms with Crippen LogP contribution in [0.4, 0.5) is 5.69 Å². The van der Waals surface area contributed by atoms with Gasteiger partial charge in [0.25, 0.3) is 0 Å². The van der Waals surface area contributed by atoms with Crippen molar-refractivity contribution in [2.45, 2.75) is 26.3 Å². The molecule has 0 amide bonds. The predicted molar refractivity (Wildman–Crippen MR) is 102 cm³/mol. The number of aromatic nitrogens is 2. The van der Waals surface area contributed by atoms with Gasteiger partial charge >= 0.3 is 0 Å². The Hall–Kier alpha value is -1.57. The number of aryl methyl sites for hydroxylation is 1. The van der Waals surface area contributed by atoms with Gasteiger partial charge in [-0.2, -0.15) is 10.2 Å². The van der Waals surface area contributed by atoms with Crippen molar-refractivity contribution in [3.8, 4) is 0 Å². The SMILES string of the molecule is Cc1nn([C@H]2CCS(=O)(=O)C2)c(C)c1/C=N\Nc1ccc(Cl)c(Cl)c1. The lowest BCUT2D eigenvalue weighted by Gasteiger charge is -2.10. The van der Waals surface area contributed by atoms with E-state index >= 15 is 0 Å². The Balaban J connectivity index is 1.77. The number of hydrogen-bond donors (Lipinski definition) is 1. The molecule has 1 saturated heterocycles. The maximum Gasteiger partial charge on any atom is 0.152 e. The smallest absolute Gasteiger partial charge is 0.152 e. The molecule has 134 valence electrons. The summed E-state index contributed by atoms with van der Waals surface area (Å²) in [6.45, 7) is 3.80. The Kier molecular flexibility index (Phi) is 5.09. The minimum absolute atomic E-state index is 0.103. The van der Waals surface area contributed by atoms with Gasteiger partial charge in [-0.15, -0.1) is 0 Å². The number of nitrogens with one attached hydrogen (secondary N) is 1. The van der Waals surface area contributed by atoms with Crippen molar-refractivity contribution >= 4 is 44.9 Å². The van der Waals surface area contributed by atoms with Crippen molar-refractivity contribution in [2.24, 2.45) is 5.10 Å². The quantitative estimate of drug-likeness (QED) is 0.627. The molecule has 0 bridgehead atoms.